The molecule has 3 nitrogen and oxygen atoms in total. The largest absolute Gasteiger partial charge is 0.264 e. The summed E-state index contributed by atoms with van der Waals surface area (Å²) in [7, 11) is -0.914. The molecule has 0 rings (SSSR count). The van der Waals surface area contributed by atoms with E-state index in [0.717, 1.165) is 0 Å². The van der Waals surface area contributed by atoms with Crippen LogP contribution in [0.2, 0.25) is 0 Å². The first-order valence-electron chi connectivity index (χ1n) is 1.09. The predicted octanol–water partition coefficient (Wildman–Crippen LogP) is 0.0532. The van der Waals surface area contributed by atoms with Gasteiger partial charge in [0.1, 0.15) is 1.28 Å². The van der Waals surface area contributed by atoms with Crippen LogP contribution < -0.4 is 0 Å². The standard InChI is InChI=1S/H2NO2P/c2-1(3)4/h4H2/i4T. The summed E-state index contributed by atoms with van der Waals surface area (Å²) < 4.78 is 5.31. The lowest BCUT2D eigenvalue weighted by atomic mass is 13.4. The number of hydrogen-bond donors (Lipinski definition) is 0. The van der Waals surface area contributed by atoms with Crippen LogP contribution >= 0.6 is 9.34 Å². The lowest BCUT2D eigenvalue weighted by Gasteiger charge is -1.62. The van der Waals surface area contributed by atoms with Gasteiger partial charge in [-0.3, -0.25) is 10.1 Å². The first kappa shape index (κ1) is 2.09. The maximum absolute atomic E-state index is 9.00. The van der Waals surface area contributed by atoms with Gasteiger partial charge in [-0.1, -0.05) is 0 Å². The highest BCUT2D eigenvalue weighted by Crippen LogP contribution is 1.72. The fraction of sp³-hybridized carbons (Fsp3) is 0. The molecule has 0 aromatic carbocycles. The molecule has 0 saturated heterocycles. The molecule has 4 heteroatoms. The SMILES string of the molecule is [3H]P[N+](=O)[O-]. The zero-order valence-corrected chi connectivity index (χ0v) is 2.76. The van der Waals surface area contributed by atoms with E-state index in [4.69, 9.17) is 11.4 Å². The molecule has 0 spiro atoms. The summed E-state index contributed by atoms with van der Waals surface area (Å²) in [5.41, 5.74) is 0. The highest BCUT2D eigenvalue weighted by molar-refractivity contribution is 7.08. The Labute approximate surface area is 26.7 Å². The highest BCUT2D eigenvalue weighted by atomic mass is 31.0. The van der Waals surface area contributed by atoms with Crippen molar-refractivity contribution in [3.8, 4) is 0 Å². The van der Waals surface area contributed by atoms with Crippen molar-refractivity contribution in [2.45, 2.75) is 0 Å². The van der Waals surface area contributed by atoms with Gasteiger partial charge in [-0.25, -0.2) is 0 Å². The van der Waals surface area contributed by atoms with E-state index in [0.29, 0.717) is 0 Å². The van der Waals surface area contributed by atoms with E-state index < -0.39 is 14.0 Å². The highest BCUT2D eigenvalue weighted by Gasteiger charge is 1.58. The van der Waals surface area contributed by atoms with Gasteiger partial charge in [-0.2, -0.15) is 0 Å². The second kappa shape index (κ2) is 1.18. The molecule has 24 valence electrons. The van der Waals surface area contributed by atoms with Crippen LogP contribution in [0.4, 0.5) is 0 Å². The zero-order chi connectivity index (χ0) is 4.28. The van der Waals surface area contributed by atoms with Gasteiger partial charge in [0.15, 0.2) is 0 Å². The van der Waals surface area contributed by atoms with Crippen molar-refractivity contribution in [1.29, 1.82) is 1.28 Å². The van der Waals surface area contributed by atoms with Crippen molar-refractivity contribution < 1.29 is 4.69 Å². The minimum atomic E-state index is -0.914. The van der Waals surface area contributed by atoms with Crippen LogP contribution in [-0.2, 0) is 0 Å². The molecule has 0 fully saturated rings. The molecule has 0 aromatic heterocycles. The summed E-state index contributed by atoms with van der Waals surface area (Å²) in [6, 6.07) is 0. The van der Waals surface area contributed by atoms with Crippen LogP contribution in [0.15, 0.2) is 0 Å². The number of rotatable bonds is 1. The third-order valence-electron chi connectivity index (χ3n) is 0. The summed E-state index contributed by atoms with van der Waals surface area (Å²) in [6.07, 6.45) is 0. The Morgan fingerprint density at radius 1 is 2.50 bits per heavy atom. The fourth-order valence-corrected chi connectivity index (χ4v) is 0. The molecular weight excluding hydrogens is 77.0 g/mol. The van der Waals surface area contributed by atoms with Crippen molar-refractivity contribution in [3.05, 3.63) is 10.1 Å². The van der Waals surface area contributed by atoms with Gasteiger partial charge in [-0.15, -0.1) is 0 Å². The van der Waals surface area contributed by atoms with E-state index in [2.05, 4.69) is 0 Å². The van der Waals surface area contributed by atoms with Gasteiger partial charge in [0.2, 0.25) is 9.34 Å². The van der Waals surface area contributed by atoms with Gasteiger partial charge < -0.3 is 0 Å². The summed E-state index contributed by atoms with van der Waals surface area (Å²) in [5.74, 6) is 0. The second-order valence-corrected chi connectivity index (χ2v) is 0.622. The summed E-state index contributed by atoms with van der Waals surface area (Å²) in [6.45, 7) is 0. The van der Waals surface area contributed by atoms with E-state index >= 15 is 0 Å². The zero-order valence-electron chi connectivity index (χ0n) is 2.76. The molecule has 0 aliphatic rings. The number of nitro groups is 1. The Kier molecular flexibility index (Phi) is 0.619. The monoisotopic (exact) mass is 81.0 g/mol. The molecule has 0 heterocycles. The molecule has 0 aliphatic carbocycles. The van der Waals surface area contributed by atoms with Crippen molar-refractivity contribution in [2.24, 2.45) is 0 Å². The Morgan fingerprint density at radius 3 is 2.75 bits per heavy atom. The van der Waals surface area contributed by atoms with Crippen LogP contribution in [0.1, 0.15) is 0 Å². The quantitative estimate of drug-likeness (QED) is 0.254. The van der Waals surface area contributed by atoms with E-state index in [-0.39, 0.29) is 0 Å². The Bertz CT molecular complexity index is 44.9. The molecule has 0 amide bonds. The average Bonchev–Trinajstić information content (AvgIpc) is 1.38. The van der Waals surface area contributed by atoms with Gasteiger partial charge in [0.05, 0.1) is 0 Å². The molecule has 1 unspecified atom stereocenters. The van der Waals surface area contributed by atoms with Crippen LogP contribution in [0, 0.1) is 10.1 Å². The lowest BCUT2D eigenvalue weighted by molar-refractivity contribution is -0.288. The third kappa shape index (κ3) is 43.6. The molecule has 4 heavy (non-hydrogen) atoms. The molecule has 0 saturated carbocycles. The van der Waals surface area contributed by atoms with E-state index in [1.807, 2.05) is 0 Å². The Morgan fingerprint density at radius 2 is 2.75 bits per heavy atom. The molecule has 0 radical (unpaired) electrons. The van der Waals surface area contributed by atoms with E-state index in [1.165, 1.54) is 0 Å². The first-order chi connectivity index (χ1) is 2.27. The topological polar surface area (TPSA) is 43.1 Å². The fourth-order valence-electron chi connectivity index (χ4n) is 0. The minimum absolute atomic E-state index is 0.681. The van der Waals surface area contributed by atoms with E-state index in [9.17, 15) is 0 Å². The van der Waals surface area contributed by atoms with Gasteiger partial charge >= 0.3 is 0 Å². The minimum Gasteiger partial charge on any atom is -0.264 e. The predicted molar refractivity (Wildman–Crippen MR) is 16.7 cm³/mol. The van der Waals surface area contributed by atoms with Crippen LogP contribution in [-0.4, -0.2) is 5.97 Å². The summed E-state index contributed by atoms with van der Waals surface area (Å²) in [5, 5.41) is 9.00. The van der Waals surface area contributed by atoms with Gasteiger partial charge in [-0.05, 0) is 0 Å². The van der Waals surface area contributed by atoms with Crippen LogP contribution in [0.25, 0.3) is 0 Å². The number of hydrogen-bond acceptors (Lipinski definition) is 2. The summed E-state index contributed by atoms with van der Waals surface area (Å²) >= 11 is 0. The molecule has 0 aliphatic heterocycles. The van der Waals surface area contributed by atoms with Gasteiger partial charge in [0, 0.05) is 4.69 Å². The summed E-state index contributed by atoms with van der Waals surface area (Å²) in [4.78, 5) is 9.00. The first-order valence-corrected chi connectivity index (χ1v) is 1.04. The lowest BCUT2D eigenvalue weighted by Crippen LogP contribution is -1.64. The second-order valence-electron chi connectivity index (χ2n) is 0.257. The van der Waals surface area contributed by atoms with Crippen molar-refractivity contribution in [3.63, 3.8) is 0 Å². The molecule has 0 aromatic rings. The average molecular weight is 81.0 g/mol. The van der Waals surface area contributed by atoms with Crippen molar-refractivity contribution >= 4 is 9.34 Å². The number of nitrogens with zero attached hydrogens (tertiary/aromatic N) is 1. The van der Waals surface area contributed by atoms with Crippen LogP contribution in [0.5, 0.6) is 0 Å². The normalized spacial score (nSPS) is 12.5. The Balaban J connectivity index is 2.85. The Hall–Kier alpha value is -0.170. The van der Waals surface area contributed by atoms with Crippen LogP contribution in [0.3, 0.4) is 0 Å². The smallest absolute Gasteiger partial charge is 0.223 e. The molecule has 1 atom stereocenters. The maximum atomic E-state index is 9.00. The maximum Gasteiger partial charge on any atom is 0.223 e. The third-order valence-corrected chi connectivity index (χ3v) is 0. The molecular formula is H2NO2P. The van der Waals surface area contributed by atoms with Gasteiger partial charge in [0.25, 0.3) is 0 Å². The van der Waals surface area contributed by atoms with Crippen molar-refractivity contribution in [2.75, 3.05) is 0 Å². The molecule has 0 N–H and O–H groups in total. The van der Waals surface area contributed by atoms with E-state index in [1.54, 1.807) is 0 Å². The molecule has 0 bridgehead atoms. The van der Waals surface area contributed by atoms with Crippen molar-refractivity contribution in [1.82, 2.24) is 0 Å².